The molecular weight excluding hydrogens is 260 g/mol. The van der Waals surface area contributed by atoms with Crippen molar-refractivity contribution in [3.05, 3.63) is 23.8 Å². The fourth-order valence-electron chi connectivity index (χ4n) is 3.61. The van der Waals surface area contributed by atoms with E-state index in [9.17, 15) is 0 Å². The van der Waals surface area contributed by atoms with Gasteiger partial charge in [0.25, 0.3) is 0 Å². The molecule has 0 aromatic heterocycles. The first-order valence-corrected chi connectivity index (χ1v) is 8.23. The topological polar surface area (TPSA) is 38.5 Å². The Morgan fingerprint density at radius 1 is 1.29 bits per heavy atom. The van der Waals surface area contributed by atoms with E-state index in [4.69, 9.17) is 10.5 Å². The number of benzene rings is 1. The van der Waals surface area contributed by atoms with Crippen LogP contribution in [0, 0.1) is 5.92 Å². The zero-order valence-corrected chi connectivity index (χ0v) is 13.9. The highest BCUT2D eigenvalue weighted by Crippen LogP contribution is 2.37. The van der Waals surface area contributed by atoms with Gasteiger partial charge in [0, 0.05) is 30.4 Å². The molecule has 1 aliphatic carbocycles. The summed E-state index contributed by atoms with van der Waals surface area (Å²) in [6.07, 6.45) is 6.59. The molecule has 1 unspecified atom stereocenters. The fourth-order valence-corrected chi connectivity index (χ4v) is 3.61. The van der Waals surface area contributed by atoms with E-state index in [0.717, 1.165) is 17.2 Å². The normalized spacial score (nSPS) is 23.7. The maximum atomic E-state index is 6.20. The quantitative estimate of drug-likeness (QED) is 0.886. The first kappa shape index (κ1) is 16.2. The van der Waals surface area contributed by atoms with Gasteiger partial charge in [0.15, 0.2) is 0 Å². The van der Waals surface area contributed by atoms with Gasteiger partial charge in [-0.2, -0.15) is 0 Å². The highest BCUT2D eigenvalue weighted by Gasteiger charge is 2.25. The van der Waals surface area contributed by atoms with Crippen molar-refractivity contribution in [3.8, 4) is 5.75 Å². The second kappa shape index (κ2) is 7.17. The van der Waals surface area contributed by atoms with Gasteiger partial charge in [-0.3, -0.25) is 0 Å². The van der Waals surface area contributed by atoms with Gasteiger partial charge in [-0.05, 0) is 50.7 Å². The summed E-state index contributed by atoms with van der Waals surface area (Å²) in [5, 5.41) is 0. The highest BCUT2D eigenvalue weighted by molar-refractivity contribution is 5.61. The van der Waals surface area contributed by atoms with Crippen LogP contribution in [0.1, 0.15) is 57.6 Å². The lowest BCUT2D eigenvalue weighted by atomic mass is 9.83. The van der Waals surface area contributed by atoms with Crippen molar-refractivity contribution in [2.45, 2.75) is 58.0 Å². The van der Waals surface area contributed by atoms with Crippen molar-refractivity contribution >= 4 is 5.69 Å². The molecule has 2 N–H and O–H groups in total. The molecule has 118 valence electrons. The van der Waals surface area contributed by atoms with Crippen molar-refractivity contribution in [1.29, 1.82) is 0 Å². The van der Waals surface area contributed by atoms with Crippen LogP contribution in [0.2, 0.25) is 0 Å². The maximum absolute atomic E-state index is 6.20. The van der Waals surface area contributed by atoms with Crippen molar-refractivity contribution in [2.75, 3.05) is 19.1 Å². The molecule has 1 aromatic rings. The van der Waals surface area contributed by atoms with Gasteiger partial charge >= 0.3 is 0 Å². The zero-order valence-electron chi connectivity index (χ0n) is 13.9. The predicted molar refractivity (Wildman–Crippen MR) is 90.0 cm³/mol. The lowest BCUT2D eigenvalue weighted by molar-refractivity contribution is 0.313. The van der Waals surface area contributed by atoms with Crippen LogP contribution in [0.4, 0.5) is 5.69 Å². The molecule has 21 heavy (non-hydrogen) atoms. The molecular formula is C18H30N2O. The van der Waals surface area contributed by atoms with Crippen LogP contribution in [0.3, 0.4) is 0 Å². The van der Waals surface area contributed by atoms with Crippen LogP contribution in [-0.4, -0.2) is 20.2 Å². The number of methoxy groups -OCH3 is 1. The third-order valence-electron chi connectivity index (χ3n) is 5.04. The Bertz CT molecular complexity index is 451. The molecule has 2 rings (SSSR count). The van der Waals surface area contributed by atoms with Crippen LogP contribution in [0.25, 0.3) is 0 Å². The molecule has 0 radical (unpaired) electrons. The summed E-state index contributed by atoms with van der Waals surface area (Å²) in [6.45, 7) is 4.34. The Labute approximate surface area is 129 Å². The number of anilines is 1. The van der Waals surface area contributed by atoms with E-state index in [-0.39, 0.29) is 6.04 Å². The fraction of sp³-hybridized carbons (Fsp3) is 0.667. The minimum absolute atomic E-state index is 0.0226. The zero-order chi connectivity index (χ0) is 15.4. The van der Waals surface area contributed by atoms with E-state index >= 15 is 0 Å². The van der Waals surface area contributed by atoms with Crippen molar-refractivity contribution in [1.82, 2.24) is 0 Å². The largest absolute Gasteiger partial charge is 0.496 e. The van der Waals surface area contributed by atoms with E-state index in [1.807, 2.05) is 13.0 Å². The molecule has 1 saturated carbocycles. The van der Waals surface area contributed by atoms with Crippen LogP contribution < -0.4 is 15.4 Å². The Kier molecular flexibility index (Phi) is 5.51. The molecule has 3 nitrogen and oxygen atoms in total. The van der Waals surface area contributed by atoms with Crippen molar-refractivity contribution in [3.63, 3.8) is 0 Å². The number of hydrogen-bond acceptors (Lipinski definition) is 3. The lowest BCUT2D eigenvalue weighted by Crippen LogP contribution is -2.36. The molecule has 0 heterocycles. The molecule has 1 fully saturated rings. The number of ether oxygens (including phenoxy) is 1. The summed E-state index contributed by atoms with van der Waals surface area (Å²) in [6, 6.07) is 6.84. The summed E-state index contributed by atoms with van der Waals surface area (Å²) in [5.74, 6) is 1.82. The van der Waals surface area contributed by atoms with Gasteiger partial charge in [-0.1, -0.05) is 19.4 Å². The second-order valence-corrected chi connectivity index (χ2v) is 6.38. The van der Waals surface area contributed by atoms with E-state index in [2.05, 4.69) is 31.0 Å². The number of hydrogen-bond donors (Lipinski definition) is 1. The van der Waals surface area contributed by atoms with Crippen LogP contribution in [0.15, 0.2) is 18.2 Å². The molecule has 0 aliphatic heterocycles. The summed E-state index contributed by atoms with van der Waals surface area (Å²) in [5.41, 5.74) is 8.55. The number of rotatable bonds is 5. The summed E-state index contributed by atoms with van der Waals surface area (Å²) in [4.78, 5) is 2.42. The van der Waals surface area contributed by atoms with Gasteiger partial charge in [0.05, 0.1) is 7.11 Å². The Morgan fingerprint density at radius 3 is 2.48 bits per heavy atom. The minimum Gasteiger partial charge on any atom is -0.496 e. The third-order valence-corrected chi connectivity index (χ3v) is 5.04. The van der Waals surface area contributed by atoms with Crippen LogP contribution >= 0.6 is 0 Å². The predicted octanol–water partition coefficient (Wildman–Crippen LogP) is 4.12. The number of nitrogens with zero attached hydrogens (tertiary/aromatic N) is 1. The standard InChI is InChI=1S/C18H30N2O/c1-5-14-9-11-15(12-10-14)20(3)16-7-6-8-17(21-4)18(16)13(2)19/h6-8,13-15H,5,9-12,19H2,1-4H3. The van der Waals surface area contributed by atoms with Gasteiger partial charge in [-0.15, -0.1) is 0 Å². The molecule has 1 aromatic carbocycles. The monoisotopic (exact) mass is 290 g/mol. The average Bonchev–Trinajstić information content (AvgIpc) is 2.53. The molecule has 0 amide bonds. The number of nitrogens with two attached hydrogens (primary N) is 1. The first-order chi connectivity index (χ1) is 10.1. The van der Waals surface area contributed by atoms with E-state index in [0.29, 0.717) is 6.04 Å². The molecule has 1 atom stereocenters. The Balaban J connectivity index is 2.21. The highest BCUT2D eigenvalue weighted by atomic mass is 16.5. The molecule has 0 saturated heterocycles. The molecule has 0 spiro atoms. The SMILES string of the molecule is CCC1CCC(N(C)c2cccc(OC)c2C(C)N)CC1. The second-order valence-electron chi connectivity index (χ2n) is 6.38. The van der Waals surface area contributed by atoms with E-state index in [1.165, 1.54) is 37.8 Å². The van der Waals surface area contributed by atoms with Crippen molar-refractivity contribution < 1.29 is 4.74 Å². The smallest absolute Gasteiger partial charge is 0.125 e. The summed E-state index contributed by atoms with van der Waals surface area (Å²) in [7, 11) is 3.93. The maximum Gasteiger partial charge on any atom is 0.125 e. The van der Waals surface area contributed by atoms with Crippen LogP contribution in [0.5, 0.6) is 5.75 Å². The Morgan fingerprint density at radius 2 is 1.95 bits per heavy atom. The molecule has 0 bridgehead atoms. The van der Waals surface area contributed by atoms with E-state index in [1.54, 1.807) is 7.11 Å². The van der Waals surface area contributed by atoms with Crippen LogP contribution in [-0.2, 0) is 0 Å². The summed E-state index contributed by atoms with van der Waals surface area (Å²) < 4.78 is 5.51. The van der Waals surface area contributed by atoms with Gasteiger partial charge in [0.1, 0.15) is 5.75 Å². The molecule has 1 aliphatic rings. The van der Waals surface area contributed by atoms with Gasteiger partial charge in [-0.25, -0.2) is 0 Å². The van der Waals surface area contributed by atoms with E-state index < -0.39 is 0 Å². The van der Waals surface area contributed by atoms with Gasteiger partial charge < -0.3 is 15.4 Å². The Hall–Kier alpha value is -1.22. The van der Waals surface area contributed by atoms with Gasteiger partial charge in [0.2, 0.25) is 0 Å². The van der Waals surface area contributed by atoms with Crippen molar-refractivity contribution in [2.24, 2.45) is 11.7 Å². The average molecular weight is 290 g/mol. The third kappa shape index (κ3) is 3.52. The first-order valence-electron chi connectivity index (χ1n) is 8.23. The summed E-state index contributed by atoms with van der Waals surface area (Å²) >= 11 is 0. The molecule has 3 heteroatoms. The lowest BCUT2D eigenvalue weighted by Gasteiger charge is -2.37. The minimum atomic E-state index is -0.0226.